The largest absolute Gasteiger partial charge is 0.497 e. The van der Waals surface area contributed by atoms with Crippen molar-refractivity contribution >= 4 is 22.6 Å². The second-order valence-corrected chi connectivity index (χ2v) is 6.23. The van der Waals surface area contributed by atoms with Crippen LogP contribution in [0.25, 0.3) is 0 Å². The fourth-order valence-electron chi connectivity index (χ4n) is 2.56. The van der Waals surface area contributed by atoms with Crippen molar-refractivity contribution in [2.45, 2.75) is 18.4 Å². The topological polar surface area (TPSA) is 52.1 Å². The first-order valence-electron chi connectivity index (χ1n) is 7.03. The highest BCUT2D eigenvalue weighted by Gasteiger charge is 2.37. The molecule has 0 atom stereocenters. The van der Waals surface area contributed by atoms with Gasteiger partial charge in [-0.3, -0.25) is 4.99 Å². The summed E-state index contributed by atoms with van der Waals surface area (Å²) in [7, 11) is 3.30. The molecule has 6 heteroatoms. The third kappa shape index (κ3) is 3.27. The Hall–Kier alpha value is -1.40. The van der Waals surface area contributed by atoms with Crippen molar-refractivity contribution in [3.63, 3.8) is 0 Å². The molecule has 1 N–H and O–H groups in total. The normalized spacial score (nSPS) is 20.2. The van der Waals surface area contributed by atoms with E-state index in [1.165, 1.54) is 0 Å². The van der Waals surface area contributed by atoms with E-state index < -0.39 is 0 Å². The number of thioether (sulfide) groups is 1. The summed E-state index contributed by atoms with van der Waals surface area (Å²) < 4.78 is 16.0. The van der Waals surface area contributed by atoms with Crippen LogP contribution in [0, 0.1) is 0 Å². The maximum absolute atomic E-state index is 5.44. The Morgan fingerprint density at radius 1 is 1.14 bits per heavy atom. The molecule has 0 unspecified atom stereocenters. The first-order chi connectivity index (χ1) is 10.2. The second-order valence-electron chi connectivity index (χ2n) is 5.27. The third-order valence-corrected chi connectivity index (χ3v) is 4.99. The molecule has 1 spiro atoms. The van der Waals surface area contributed by atoms with E-state index in [1.54, 1.807) is 26.0 Å². The van der Waals surface area contributed by atoms with Crippen LogP contribution < -0.4 is 14.8 Å². The Labute approximate surface area is 129 Å². The van der Waals surface area contributed by atoms with E-state index in [0.717, 1.165) is 54.2 Å². The minimum absolute atomic E-state index is 0.0637. The Balaban J connectivity index is 1.76. The lowest BCUT2D eigenvalue weighted by molar-refractivity contribution is 0.0624. The monoisotopic (exact) mass is 308 g/mol. The number of ether oxygens (including phenoxy) is 3. The lowest BCUT2D eigenvalue weighted by Gasteiger charge is -2.29. The quantitative estimate of drug-likeness (QED) is 0.930. The van der Waals surface area contributed by atoms with Gasteiger partial charge in [-0.1, -0.05) is 11.8 Å². The van der Waals surface area contributed by atoms with Gasteiger partial charge in [0.2, 0.25) is 0 Å². The molecule has 1 aromatic carbocycles. The zero-order chi connectivity index (χ0) is 14.7. The standard InChI is InChI=1S/C15H20N2O3S/c1-18-12-7-11(8-13(9-12)19-2)16-14-17-15(10-21-14)3-5-20-6-4-15/h7-9H,3-6,10H2,1-2H3,(H,16,17). The van der Waals surface area contributed by atoms with Crippen molar-refractivity contribution in [1.82, 2.24) is 0 Å². The van der Waals surface area contributed by atoms with Crippen LogP contribution in [-0.2, 0) is 4.74 Å². The van der Waals surface area contributed by atoms with Crippen molar-refractivity contribution in [1.29, 1.82) is 0 Å². The van der Waals surface area contributed by atoms with Crippen LogP contribution in [-0.4, -0.2) is 43.9 Å². The maximum atomic E-state index is 5.44. The first-order valence-corrected chi connectivity index (χ1v) is 8.02. The van der Waals surface area contributed by atoms with Gasteiger partial charge in [-0.25, -0.2) is 0 Å². The Bertz CT molecular complexity index is 519. The summed E-state index contributed by atoms with van der Waals surface area (Å²) in [4.78, 5) is 4.89. The highest BCUT2D eigenvalue weighted by Crippen LogP contribution is 2.36. The number of nitrogens with one attached hydrogen (secondary N) is 1. The van der Waals surface area contributed by atoms with Crippen molar-refractivity contribution < 1.29 is 14.2 Å². The number of rotatable bonds is 3. The molecule has 2 aliphatic heterocycles. The maximum Gasteiger partial charge on any atom is 0.161 e. The average molecular weight is 308 g/mol. The molecule has 1 saturated heterocycles. The predicted molar refractivity (Wildman–Crippen MR) is 85.8 cm³/mol. The van der Waals surface area contributed by atoms with Crippen molar-refractivity contribution in [3.8, 4) is 11.5 Å². The smallest absolute Gasteiger partial charge is 0.161 e. The Morgan fingerprint density at radius 3 is 2.43 bits per heavy atom. The zero-order valence-electron chi connectivity index (χ0n) is 12.3. The highest BCUT2D eigenvalue weighted by atomic mass is 32.2. The number of benzene rings is 1. The number of nitrogens with zero attached hydrogens (tertiary/aromatic N) is 1. The van der Waals surface area contributed by atoms with E-state index in [2.05, 4.69) is 5.32 Å². The highest BCUT2D eigenvalue weighted by molar-refractivity contribution is 8.14. The number of hydrogen-bond donors (Lipinski definition) is 1. The van der Waals surface area contributed by atoms with E-state index in [1.807, 2.05) is 18.2 Å². The van der Waals surface area contributed by atoms with Crippen molar-refractivity contribution in [3.05, 3.63) is 18.2 Å². The molecule has 3 rings (SSSR count). The molecular weight excluding hydrogens is 288 g/mol. The molecule has 0 bridgehead atoms. The number of aliphatic imine (C=N–C) groups is 1. The van der Waals surface area contributed by atoms with Crippen LogP contribution in [0.4, 0.5) is 5.69 Å². The number of amidine groups is 1. The van der Waals surface area contributed by atoms with E-state index in [9.17, 15) is 0 Å². The van der Waals surface area contributed by atoms with Crippen LogP contribution in [0.15, 0.2) is 23.2 Å². The molecule has 1 aromatic rings. The van der Waals surface area contributed by atoms with E-state index in [-0.39, 0.29) is 5.54 Å². The minimum atomic E-state index is 0.0637. The van der Waals surface area contributed by atoms with Crippen LogP contribution in [0.5, 0.6) is 11.5 Å². The Morgan fingerprint density at radius 2 is 1.81 bits per heavy atom. The van der Waals surface area contributed by atoms with Gasteiger partial charge in [0.15, 0.2) is 5.17 Å². The summed E-state index contributed by atoms with van der Waals surface area (Å²) in [6.45, 7) is 1.62. The molecule has 2 heterocycles. The summed E-state index contributed by atoms with van der Waals surface area (Å²) in [6.07, 6.45) is 2.01. The molecule has 0 aromatic heterocycles. The molecule has 2 aliphatic rings. The lowest BCUT2D eigenvalue weighted by Crippen LogP contribution is -2.34. The summed E-state index contributed by atoms with van der Waals surface area (Å²) in [6, 6.07) is 5.75. The SMILES string of the molecule is COc1cc(NC2=NC3(CCOCC3)CS2)cc(OC)c1. The number of hydrogen-bond acceptors (Lipinski definition) is 6. The van der Waals surface area contributed by atoms with Gasteiger partial charge in [-0.05, 0) is 12.8 Å². The minimum Gasteiger partial charge on any atom is -0.497 e. The molecule has 5 nitrogen and oxygen atoms in total. The summed E-state index contributed by atoms with van der Waals surface area (Å²) in [5.74, 6) is 2.56. The first kappa shape index (κ1) is 14.5. The van der Waals surface area contributed by atoms with Crippen LogP contribution in [0.3, 0.4) is 0 Å². The van der Waals surface area contributed by atoms with Gasteiger partial charge in [-0.15, -0.1) is 0 Å². The van der Waals surface area contributed by atoms with Gasteiger partial charge >= 0.3 is 0 Å². The summed E-state index contributed by atoms with van der Waals surface area (Å²) in [5.41, 5.74) is 0.996. The summed E-state index contributed by atoms with van der Waals surface area (Å²) >= 11 is 1.77. The fraction of sp³-hybridized carbons (Fsp3) is 0.533. The van der Waals surface area contributed by atoms with Crippen LogP contribution in [0.1, 0.15) is 12.8 Å². The van der Waals surface area contributed by atoms with Gasteiger partial charge in [0.05, 0.1) is 19.8 Å². The Kier molecular flexibility index (Phi) is 4.26. The van der Waals surface area contributed by atoms with E-state index >= 15 is 0 Å². The molecule has 114 valence electrons. The molecule has 1 fully saturated rings. The van der Waals surface area contributed by atoms with Crippen molar-refractivity contribution in [2.24, 2.45) is 4.99 Å². The number of anilines is 1. The molecule has 0 aliphatic carbocycles. The van der Waals surface area contributed by atoms with E-state index in [4.69, 9.17) is 19.2 Å². The van der Waals surface area contributed by atoms with Gasteiger partial charge in [0.25, 0.3) is 0 Å². The average Bonchev–Trinajstić information content (AvgIpc) is 2.89. The molecular formula is C15H20N2O3S. The second kappa shape index (κ2) is 6.15. The fourth-order valence-corrected chi connectivity index (χ4v) is 3.76. The lowest BCUT2D eigenvalue weighted by atomic mass is 9.93. The van der Waals surface area contributed by atoms with Gasteiger partial charge in [0, 0.05) is 42.9 Å². The van der Waals surface area contributed by atoms with Gasteiger partial charge < -0.3 is 19.5 Å². The van der Waals surface area contributed by atoms with Crippen molar-refractivity contribution in [2.75, 3.05) is 38.5 Å². The molecule has 0 saturated carbocycles. The van der Waals surface area contributed by atoms with Gasteiger partial charge in [-0.2, -0.15) is 0 Å². The van der Waals surface area contributed by atoms with E-state index in [0.29, 0.717) is 0 Å². The van der Waals surface area contributed by atoms with Gasteiger partial charge in [0.1, 0.15) is 11.5 Å². The van der Waals surface area contributed by atoms with Crippen LogP contribution in [0.2, 0.25) is 0 Å². The zero-order valence-corrected chi connectivity index (χ0v) is 13.2. The molecule has 0 amide bonds. The summed E-state index contributed by atoms with van der Waals surface area (Å²) in [5, 5.41) is 4.34. The predicted octanol–water partition coefficient (Wildman–Crippen LogP) is 2.77. The third-order valence-electron chi connectivity index (χ3n) is 3.84. The molecule has 21 heavy (non-hydrogen) atoms. The molecule has 0 radical (unpaired) electrons. The van der Waals surface area contributed by atoms with Crippen LogP contribution >= 0.6 is 11.8 Å². The number of methoxy groups -OCH3 is 2.